The summed E-state index contributed by atoms with van der Waals surface area (Å²) in [6.07, 6.45) is 2.25. The minimum Gasteiger partial charge on any atom is -0.480 e. The number of nitrogens with one attached hydrogen (secondary N) is 1. The topological polar surface area (TPSA) is 72.9 Å². The fourth-order valence-corrected chi connectivity index (χ4v) is 3.27. The smallest absolute Gasteiger partial charge is 0.329 e. The van der Waals surface area contributed by atoms with Crippen LogP contribution in [0.5, 0.6) is 0 Å². The summed E-state index contributed by atoms with van der Waals surface area (Å²) in [7, 11) is 0. The highest BCUT2D eigenvalue weighted by molar-refractivity contribution is 5.85. The van der Waals surface area contributed by atoms with Gasteiger partial charge in [-0.1, -0.05) is 0 Å². The number of carboxylic acids is 1. The van der Waals surface area contributed by atoms with E-state index in [4.69, 9.17) is 0 Å². The molecule has 0 radical (unpaired) electrons. The van der Waals surface area contributed by atoms with E-state index in [1.807, 2.05) is 0 Å². The Morgan fingerprint density at radius 3 is 2.35 bits per heavy atom. The van der Waals surface area contributed by atoms with Crippen molar-refractivity contribution in [2.45, 2.75) is 45.2 Å². The Hall–Kier alpha value is -1.30. The van der Waals surface area contributed by atoms with Gasteiger partial charge in [0.05, 0.1) is 0 Å². The lowest BCUT2D eigenvalue weighted by atomic mass is 9.84. The monoisotopic (exact) mass is 283 g/mol. The quantitative estimate of drug-likeness (QED) is 0.806. The van der Waals surface area contributed by atoms with Gasteiger partial charge in [-0.2, -0.15) is 0 Å². The molecule has 0 aliphatic carbocycles. The van der Waals surface area contributed by atoms with Crippen LogP contribution in [0.4, 0.5) is 4.79 Å². The number of rotatable bonds is 4. The third kappa shape index (κ3) is 2.75. The van der Waals surface area contributed by atoms with Crippen LogP contribution in [0.3, 0.4) is 0 Å². The van der Waals surface area contributed by atoms with Crippen LogP contribution in [0.15, 0.2) is 0 Å². The lowest BCUT2D eigenvalue weighted by molar-refractivity contribution is -0.147. The molecule has 0 aromatic rings. The highest BCUT2D eigenvalue weighted by Gasteiger charge is 2.40. The van der Waals surface area contributed by atoms with Crippen LogP contribution in [0.1, 0.15) is 33.6 Å². The minimum absolute atomic E-state index is 0.156. The summed E-state index contributed by atoms with van der Waals surface area (Å²) in [6.45, 7) is 8.45. The first-order valence-corrected chi connectivity index (χ1v) is 7.40. The molecule has 2 bridgehead atoms. The van der Waals surface area contributed by atoms with Gasteiger partial charge < -0.3 is 20.2 Å². The second-order valence-corrected chi connectivity index (χ2v) is 6.30. The summed E-state index contributed by atoms with van der Waals surface area (Å²) in [4.78, 5) is 27.5. The van der Waals surface area contributed by atoms with E-state index in [0.29, 0.717) is 12.5 Å². The summed E-state index contributed by atoms with van der Waals surface area (Å²) < 4.78 is 0. The number of hydrogen-bond acceptors (Lipinski definition) is 3. The highest BCUT2D eigenvalue weighted by Crippen LogP contribution is 2.28. The molecule has 0 aromatic carbocycles. The molecule has 3 heterocycles. The number of carboxylic acid groups (broad SMARTS) is 1. The average molecular weight is 283 g/mol. The molecule has 0 saturated carbocycles. The standard InChI is InChI=1S/C14H25N3O3/c1-4-17(14(2,3)12(18)19)13(20)15-11-9-16-7-5-10(11)6-8-16/h10-11H,4-9H2,1-3H3,(H,15,20)(H,18,19). The van der Waals surface area contributed by atoms with Crippen molar-refractivity contribution in [1.82, 2.24) is 15.1 Å². The maximum absolute atomic E-state index is 12.4. The Labute approximate surface area is 120 Å². The van der Waals surface area contributed by atoms with Crippen molar-refractivity contribution in [3.63, 3.8) is 0 Å². The Balaban J connectivity index is 2.01. The van der Waals surface area contributed by atoms with Crippen molar-refractivity contribution >= 4 is 12.0 Å². The number of carbonyl (C=O) groups excluding carboxylic acids is 1. The summed E-state index contributed by atoms with van der Waals surface area (Å²) in [5.74, 6) is -0.445. The third-order valence-corrected chi connectivity index (χ3v) is 4.72. The number of urea groups is 1. The van der Waals surface area contributed by atoms with Crippen LogP contribution in [-0.4, -0.2) is 64.7 Å². The number of hydrogen-bond donors (Lipinski definition) is 2. The van der Waals surface area contributed by atoms with Gasteiger partial charge >= 0.3 is 12.0 Å². The molecule has 6 nitrogen and oxygen atoms in total. The number of aliphatic carboxylic acids is 1. The summed E-state index contributed by atoms with van der Waals surface area (Å²) >= 11 is 0. The van der Waals surface area contributed by atoms with Gasteiger partial charge in [0.2, 0.25) is 0 Å². The number of likely N-dealkylation sites (N-methyl/N-ethyl adjacent to an activating group) is 1. The molecule has 2 N–H and O–H groups in total. The van der Waals surface area contributed by atoms with Crippen molar-refractivity contribution in [1.29, 1.82) is 0 Å². The van der Waals surface area contributed by atoms with Crippen LogP contribution in [0.2, 0.25) is 0 Å². The molecule has 0 spiro atoms. The van der Waals surface area contributed by atoms with Gasteiger partial charge in [0, 0.05) is 19.1 Å². The molecule has 3 saturated heterocycles. The van der Waals surface area contributed by atoms with Crippen molar-refractivity contribution in [3.05, 3.63) is 0 Å². The van der Waals surface area contributed by atoms with Gasteiger partial charge in [0.1, 0.15) is 5.54 Å². The van der Waals surface area contributed by atoms with E-state index in [0.717, 1.165) is 32.5 Å². The highest BCUT2D eigenvalue weighted by atomic mass is 16.4. The lowest BCUT2D eigenvalue weighted by Gasteiger charge is -2.46. The predicted molar refractivity (Wildman–Crippen MR) is 75.6 cm³/mol. The fraction of sp³-hybridized carbons (Fsp3) is 0.857. The Kier molecular flexibility index (Phi) is 4.22. The van der Waals surface area contributed by atoms with Gasteiger partial charge in [-0.25, -0.2) is 9.59 Å². The van der Waals surface area contributed by atoms with Gasteiger partial charge in [-0.05, 0) is 52.6 Å². The van der Waals surface area contributed by atoms with E-state index >= 15 is 0 Å². The summed E-state index contributed by atoms with van der Waals surface area (Å²) in [5, 5.41) is 12.3. The number of piperidine rings is 3. The van der Waals surface area contributed by atoms with Crippen LogP contribution in [0, 0.1) is 5.92 Å². The molecular weight excluding hydrogens is 258 g/mol. The SMILES string of the molecule is CCN(C(=O)NC1CN2CCC1CC2)C(C)(C)C(=O)O. The van der Waals surface area contributed by atoms with Crippen LogP contribution < -0.4 is 5.32 Å². The predicted octanol–water partition coefficient (Wildman–Crippen LogP) is 0.975. The van der Waals surface area contributed by atoms with Crippen molar-refractivity contribution in [2.24, 2.45) is 5.92 Å². The molecule has 6 heteroatoms. The second kappa shape index (κ2) is 5.60. The molecule has 3 rings (SSSR count). The Bertz CT molecular complexity index is 389. The van der Waals surface area contributed by atoms with Gasteiger partial charge in [0.15, 0.2) is 0 Å². The second-order valence-electron chi connectivity index (χ2n) is 6.30. The molecule has 1 atom stereocenters. The largest absolute Gasteiger partial charge is 0.480 e. The first kappa shape index (κ1) is 15.1. The Morgan fingerprint density at radius 2 is 1.95 bits per heavy atom. The van der Waals surface area contributed by atoms with Gasteiger partial charge in [-0.15, -0.1) is 0 Å². The average Bonchev–Trinajstić information content (AvgIpc) is 2.40. The van der Waals surface area contributed by atoms with E-state index in [-0.39, 0.29) is 12.1 Å². The zero-order valence-electron chi connectivity index (χ0n) is 12.6. The molecule has 3 aliphatic rings. The van der Waals surface area contributed by atoms with Crippen molar-refractivity contribution in [3.8, 4) is 0 Å². The molecule has 0 aromatic heterocycles. The van der Waals surface area contributed by atoms with E-state index < -0.39 is 11.5 Å². The Morgan fingerprint density at radius 1 is 1.35 bits per heavy atom. The van der Waals surface area contributed by atoms with E-state index in [9.17, 15) is 14.7 Å². The number of amides is 2. The van der Waals surface area contributed by atoms with Crippen molar-refractivity contribution in [2.75, 3.05) is 26.2 Å². The van der Waals surface area contributed by atoms with E-state index in [2.05, 4.69) is 10.2 Å². The molecule has 2 amide bonds. The molecule has 3 fully saturated rings. The minimum atomic E-state index is -1.19. The molecule has 3 aliphatic heterocycles. The summed E-state index contributed by atoms with van der Waals surface area (Å²) in [6, 6.07) is -0.109. The molecule has 1 unspecified atom stereocenters. The third-order valence-electron chi connectivity index (χ3n) is 4.72. The lowest BCUT2D eigenvalue weighted by Crippen LogP contribution is -2.62. The first-order chi connectivity index (χ1) is 9.36. The molecular formula is C14H25N3O3. The molecule has 20 heavy (non-hydrogen) atoms. The number of fused-ring (bicyclic) bond motifs is 3. The number of carbonyl (C=O) groups is 2. The zero-order chi connectivity index (χ0) is 14.9. The van der Waals surface area contributed by atoms with Crippen LogP contribution in [0.25, 0.3) is 0 Å². The fourth-order valence-electron chi connectivity index (χ4n) is 3.27. The number of nitrogens with zero attached hydrogens (tertiary/aromatic N) is 2. The van der Waals surface area contributed by atoms with Gasteiger partial charge in [0.25, 0.3) is 0 Å². The zero-order valence-corrected chi connectivity index (χ0v) is 12.6. The molecule has 114 valence electrons. The van der Waals surface area contributed by atoms with E-state index in [1.165, 1.54) is 4.90 Å². The maximum atomic E-state index is 12.4. The van der Waals surface area contributed by atoms with E-state index in [1.54, 1.807) is 20.8 Å². The van der Waals surface area contributed by atoms with Crippen LogP contribution >= 0.6 is 0 Å². The normalized spacial score (nSPS) is 29.1. The maximum Gasteiger partial charge on any atom is 0.329 e. The van der Waals surface area contributed by atoms with Gasteiger partial charge in [-0.3, -0.25) is 0 Å². The van der Waals surface area contributed by atoms with Crippen LogP contribution in [-0.2, 0) is 4.79 Å². The first-order valence-electron chi connectivity index (χ1n) is 7.40. The summed E-state index contributed by atoms with van der Waals surface area (Å²) in [5.41, 5.74) is -1.19. The van der Waals surface area contributed by atoms with Crippen molar-refractivity contribution < 1.29 is 14.7 Å².